The summed E-state index contributed by atoms with van der Waals surface area (Å²) in [5.74, 6) is -3.14. The zero-order valence-corrected chi connectivity index (χ0v) is 17.8. The van der Waals surface area contributed by atoms with Crippen LogP contribution in [0.3, 0.4) is 0 Å². The summed E-state index contributed by atoms with van der Waals surface area (Å²) in [5.41, 5.74) is 0.103. The lowest BCUT2D eigenvalue weighted by molar-refractivity contribution is -0.194. The van der Waals surface area contributed by atoms with Gasteiger partial charge < -0.3 is 15.0 Å². The molecule has 1 amide bonds. The van der Waals surface area contributed by atoms with Crippen LogP contribution in [-0.4, -0.2) is 54.2 Å². The Kier molecular flexibility index (Phi) is 8.29. The fraction of sp³-hybridized carbons (Fsp3) is 0.636. The fourth-order valence-corrected chi connectivity index (χ4v) is 3.72. The third kappa shape index (κ3) is 7.31. The summed E-state index contributed by atoms with van der Waals surface area (Å²) in [4.78, 5) is 26.0. The van der Waals surface area contributed by atoms with Crippen LogP contribution in [0, 0.1) is 5.92 Å². The molecule has 0 aromatic heterocycles. The summed E-state index contributed by atoms with van der Waals surface area (Å²) < 4.78 is 45.7. The summed E-state index contributed by atoms with van der Waals surface area (Å²) >= 11 is 0. The SMILES string of the molecule is CC(C)(C)OC(=O)C(C1CCNCC1)N(CCCc1ccccc1)C(=O)C(F)(F)F. The highest BCUT2D eigenvalue weighted by atomic mass is 19.4. The quantitative estimate of drug-likeness (QED) is 0.673. The van der Waals surface area contributed by atoms with Crippen molar-refractivity contribution < 1.29 is 27.5 Å². The minimum absolute atomic E-state index is 0.166. The number of nitrogens with one attached hydrogen (secondary N) is 1. The van der Waals surface area contributed by atoms with E-state index in [1.165, 1.54) is 0 Å². The monoisotopic (exact) mass is 428 g/mol. The number of ether oxygens (including phenoxy) is 1. The average Bonchev–Trinajstić information content (AvgIpc) is 2.66. The van der Waals surface area contributed by atoms with Crippen molar-refractivity contribution in [3.63, 3.8) is 0 Å². The number of carbonyl (C=O) groups is 2. The number of piperidine rings is 1. The van der Waals surface area contributed by atoms with Crippen molar-refractivity contribution in [1.29, 1.82) is 0 Å². The Morgan fingerprint density at radius 1 is 1.13 bits per heavy atom. The number of alkyl halides is 3. The van der Waals surface area contributed by atoms with E-state index >= 15 is 0 Å². The van der Waals surface area contributed by atoms with Crippen molar-refractivity contribution in [2.75, 3.05) is 19.6 Å². The second-order valence-electron chi connectivity index (χ2n) is 8.65. The second kappa shape index (κ2) is 10.3. The second-order valence-corrected chi connectivity index (χ2v) is 8.65. The van der Waals surface area contributed by atoms with Gasteiger partial charge in [-0.2, -0.15) is 13.2 Å². The molecule has 0 bridgehead atoms. The Bertz CT molecular complexity index is 696. The van der Waals surface area contributed by atoms with Gasteiger partial charge in [-0.05, 0) is 71.0 Å². The molecule has 0 saturated carbocycles. The standard InChI is InChI=1S/C22H31F3N2O3/c1-21(2,3)30-19(28)18(17-11-13-26-14-12-17)27(20(29)22(23,24)25)15-7-10-16-8-5-4-6-9-16/h4-6,8-9,17-18,26H,7,10-15H2,1-3H3. The molecule has 1 unspecified atom stereocenters. The predicted octanol–water partition coefficient (Wildman–Crippen LogP) is 3.72. The topological polar surface area (TPSA) is 58.6 Å². The molecule has 1 heterocycles. The number of aryl methyl sites for hydroxylation is 1. The zero-order valence-electron chi connectivity index (χ0n) is 17.8. The molecule has 1 aromatic carbocycles. The lowest BCUT2D eigenvalue weighted by atomic mass is 9.88. The average molecular weight is 428 g/mol. The first-order valence-electron chi connectivity index (χ1n) is 10.3. The van der Waals surface area contributed by atoms with E-state index < -0.39 is 29.7 Å². The highest BCUT2D eigenvalue weighted by Gasteiger charge is 2.48. The molecule has 168 valence electrons. The molecule has 1 N–H and O–H groups in total. The van der Waals surface area contributed by atoms with Crippen molar-refractivity contribution in [2.24, 2.45) is 5.92 Å². The molecule has 0 spiro atoms. The van der Waals surface area contributed by atoms with Crippen LogP contribution < -0.4 is 5.32 Å². The van der Waals surface area contributed by atoms with Gasteiger partial charge in [-0.1, -0.05) is 30.3 Å². The van der Waals surface area contributed by atoms with Crippen LogP contribution in [0.25, 0.3) is 0 Å². The maximum Gasteiger partial charge on any atom is 0.471 e. The van der Waals surface area contributed by atoms with Gasteiger partial charge in [-0.3, -0.25) is 4.79 Å². The van der Waals surface area contributed by atoms with Gasteiger partial charge in [0.25, 0.3) is 0 Å². The Morgan fingerprint density at radius 3 is 2.27 bits per heavy atom. The van der Waals surface area contributed by atoms with Gasteiger partial charge in [0.05, 0.1) is 0 Å². The van der Waals surface area contributed by atoms with Gasteiger partial charge in [0.15, 0.2) is 0 Å². The van der Waals surface area contributed by atoms with E-state index in [4.69, 9.17) is 4.74 Å². The van der Waals surface area contributed by atoms with Crippen LogP contribution in [0.15, 0.2) is 30.3 Å². The van der Waals surface area contributed by atoms with Crippen molar-refractivity contribution in [1.82, 2.24) is 10.2 Å². The molecule has 1 aliphatic heterocycles. The molecule has 1 aliphatic rings. The molecule has 30 heavy (non-hydrogen) atoms. The van der Waals surface area contributed by atoms with E-state index in [-0.39, 0.29) is 12.5 Å². The number of esters is 1. The van der Waals surface area contributed by atoms with Crippen molar-refractivity contribution in [3.05, 3.63) is 35.9 Å². The van der Waals surface area contributed by atoms with Crippen LogP contribution in [0.2, 0.25) is 0 Å². The number of carbonyl (C=O) groups excluding carboxylic acids is 2. The molecule has 1 fully saturated rings. The summed E-state index contributed by atoms with van der Waals surface area (Å²) in [6.07, 6.45) is -3.22. The van der Waals surface area contributed by atoms with Crippen molar-refractivity contribution >= 4 is 11.9 Å². The molecule has 8 heteroatoms. The van der Waals surface area contributed by atoms with E-state index in [9.17, 15) is 22.8 Å². The van der Waals surface area contributed by atoms with Gasteiger partial charge in [-0.25, -0.2) is 4.79 Å². The molecule has 1 atom stereocenters. The highest BCUT2D eigenvalue weighted by molar-refractivity contribution is 5.88. The predicted molar refractivity (Wildman–Crippen MR) is 108 cm³/mol. The first-order valence-corrected chi connectivity index (χ1v) is 10.3. The molecule has 0 radical (unpaired) electrons. The van der Waals surface area contributed by atoms with E-state index in [2.05, 4.69) is 5.32 Å². The lowest BCUT2D eigenvalue weighted by Gasteiger charge is -2.39. The number of nitrogens with zero attached hydrogens (tertiary/aromatic N) is 1. The number of hydrogen-bond donors (Lipinski definition) is 1. The molecule has 1 aromatic rings. The zero-order chi connectivity index (χ0) is 22.4. The maximum absolute atomic E-state index is 13.4. The minimum Gasteiger partial charge on any atom is -0.458 e. The van der Waals surface area contributed by atoms with Gasteiger partial charge in [0.1, 0.15) is 11.6 Å². The normalized spacial score (nSPS) is 16.7. The third-order valence-corrected chi connectivity index (χ3v) is 5.03. The third-order valence-electron chi connectivity index (χ3n) is 5.03. The molecule has 1 saturated heterocycles. The van der Waals surface area contributed by atoms with E-state index in [0.717, 1.165) is 5.56 Å². The number of benzene rings is 1. The first kappa shape index (κ1) is 24.2. The first-order chi connectivity index (χ1) is 14.0. The van der Waals surface area contributed by atoms with Crippen molar-refractivity contribution in [3.8, 4) is 0 Å². The van der Waals surface area contributed by atoms with Crippen LogP contribution in [0.1, 0.15) is 45.6 Å². The van der Waals surface area contributed by atoms with Gasteiger partial charge >= 0.3 is 18.1 Å². The minimum atomic E-state index is -5.06. The summed E-state index contributed by atoms with van der Waals surface area (Å²) in [6, 6.07) is 8.08. The fourth-order valence-electron chi connectivity index (χ4n) is 3.72. The van der Waals surface area contributed by atoms with Crippen LogP contribution in [-0.2, 0) is 20.7 Å². The van der Waals surface area contributed by atoms with Crippen LogP contribution in [0.5, 0.6) is 0 Å². The maximum atomic E-state index is 13.4. The molecule has 2 rings (SSSR count). The van der Waals surface area contributed by atoms with Gasteiger partial charge in [0, 0.05) is 6.54 Å². The summed E-state index contributed by atoms with van der Waals surface area (Å²) in [5, 5.41) is 3.14. The molecular weight excluding hydrogens is 397 g/mol. The van der Waals surface area contributed by atoms with E-state index in [0.29, 0.717) is 43.7 Å². The van der Waals surface area contributed by atoms with Crippen molar-refractivity contribution in [2.45, 2.75) is 64.3 Å². The smallest absolute Gasteiger partial charge is 0.458 e. The Hall–Kier alpha value is -2.09. The Morgan fingerprint density at radius 2 is 1.73 bits per heavy atom. The highest BCUT2D eigenvalue weighted by Crippen LogP contribution is 2.29. The van der Waals surface area contributed by atoms with Gasteiger partial charge in [-0.15, -0.1) is 0 Å². The summed E-state index contributed by atoms with van der Waals surface area (Å²) in [7, 11) is 0. The number of amides is 1. The summed E-state index contributed by atoms with van der Waals surface area (Å²) in [6.45, 7) is 5.99. The van der Waals surface area contributed by atoms with Crippen LogP contribution in [0.4, 0.5) is 13.2 Å². The van der Waals surface area contributed by atoms with Gasteiger partial charge in [0.2, 0.25) is 0 Å². The largest absolute Gasteiger partial charge is 0.471 e. The molecular formula is C22H31F3N2O3. The molecule has 0 aliphatic carbocycles. The number of halogens is 3. The lowest BCUT2D eigenvalue weighted by Crippen LogP contribution is -2.56. The Balaban J connectivity index is 2.27. The van der Waals surface area contributed by atoms with E-state index in [1.807, 2.05) is 30.3 Å². The Labute approximate surface area is 176 Å². The van der Waals surface area contributed by atoms with Crippen LogP contribution >= 0.6 is 0 Å². The number of rotatable bonds is 7. The molecule has 5 nitrogen and oxygen atoms in total. The van der Waals surface area contributed by atoms with E-state index in [1.54, 1.807) is 20.8 Å². The number of hydrogen-bond acceptors (Lipinski definition) is 4.